The highest BCUT2D eigenvalue weighted by molar-refractivity contribution is 6.01. The average Bonchev–Trinajstić information content (AvgIpc) is 3.43. The van der Waals surface area contributed by atoms with E-state index in [1.165, 1.54) is 16.0 Å². The Balaban J connectivity index is 1.38. The fourth-order valence-corrected chi connectivity index (χ4v) is 4.53. The zero-order valence-electron chi connectivity index (χ0n) is 20.3. The summed E-state index contributed by atoms with van der Waals surface area (Å²) >= 11 is 0. The van der Waals surface area contributed by atoms with Crippen LogP contribution in [0.1, 0.15) is 55.8 Å². The Kier molecular flexibility index (Phi) is 7.73. The molecule has 0 aliphatic carbocycles. The van der Waals surface area contributed by atoms with Gasteiger partial charge in [0.05, 0.1) is 20.3 Å². The van der Waals surface area contributed by atoms with Crippen molar-refractivity contribution in [3.8, 4) is 17.2 Å². The third kappa shape index (κ3) is 5.70. The van der Waals surface area contributed by atoms with Gasteiger partial charge in [-0.3, -0.25) is 14.5 Å². The van der Waals surface area contributed by atoms with Crippen LogP contribution < -0.4 is 19.5 Å². The summed E-state index contributed by atoms with van der Waals surface area (Å²) in [4.78, 5) is 24.8. The molecule has 7 nitrogen and oxygen atoms in total. The maximum absolute atomic E-state index is 11.8. The number of amides is 2. The van der Waals surface area contributed by atoms with Crippen LogP contribution in [0.5, 0.6) is 17.2 Å². The molecule has 1 atom stereocenters. The van der Waals surface area contributed by atoms with E-state index in [1.807, 2.05) is 18.2 Å². The molecule has 1 unspecified atom stereocenters. The van der Waals surface area contributed by atoms with Crippen LogP contribution in [-0.2, 0) is 22.6 Å². The van der Waals surface area contributed by atoms with Crippen molar-refractivity contribution >= 4 is 11.8 Å². The molecule has 0 radical (unpaired) electrons. The van der Waals surface area contributed by atoms with Crippen molar-refractivity contribution in [2.75, 3.05) is 26.9 Å². The molecule has 2 aromatic carbocycles. The van der Waals surface area contributed by atoms with E-state index in [0.29, 0.717) is 36.8 Å². The quantitative estimate of drug-likeness (QED) is 0.504. The van der Waals surface area contributed by atoms with Crippen molar-refractivity contribution in [1.29, 1.82) is 0 Å². The molecule has 0 bridgehead atoms. The van der Waals surface area contributed by atoms with Gasteiger partial charge in [-0.1, -0.05) is 32.0 Å². The molecule has 4 rings (SSSR count). The molecule has 1 saturated heterocycles. The average molecular weight is 467 g/mol. The summed E-state index contributed by atoms with van der Waals surface area (Å²) in [5, 5.41) is 3.72. The molecule has 2 heterocycles. The van der Waals surface area contributed by atoms with Crippen LogP contribution >= 0.6 is 0 Å². The van der Waals surface area contributed by atoms with Gasteiger partial charge in [-0.25, -0.2) is 0 Å². The molecule has 1 fully saturated rings. The number of benzene rings is 2. The summed E-state index contributed by atoms with van der Waals surface area (Å²) in [6.07, 6.45) is 2.59. The number of carbonyl (C=O) groups is 2. The number of imide groups is 1. The summed E-state index contributed by atoms with van der Waals surface area (Å²) in [6.45, 7) is 6.43. The van der Waals surface area contributed by atoms with Gasteiger partial charge in [0.25, 0.3) is 0 Å². The topological polar surface area (TPSA) is 77.1 Å². The van der Waals surface area contributed by atoms with Crippen LogP contribution in [0.15, 0.2) is 36.4 Å². The van der Waals surface area contributed by atoms with Gasteiger partial charge in [-0.15, -0.1) is 0 Å². The Morgan fingerprint density at radius 2 is 1.82 bits per heavy atom. The van der Waals surface area contributed by atoms with Gasteiger partial charge in [0.15, 0.2) is 11.5 Å². The maximum Gasteiger partial charge on any atom is 0.229 e. The summed E-state index contributed by atoms with van der Waals surface area (Å²) in [7, 11) is 1.61. The van der Waals surface area contributed by atoms with E-state index in [9.17, 15) is 9.59 Å². The summed E-state index contributed by atoms with van der Waals surface area (Å²) in [6, 6.07) is 12.6. The zero-order valence-corrected chi connectivity index (χ0v) is 20.3. The lowest BCUT2D eigenvalue weighted by Gasteiger charge is -2.22. The van der Waals surface area contributed by atoms with Crippen molar-refractivity contribution in [3.63, 3.8) is 0 Å². The highest BCUT2D eigenvalue weighted by Gasteiger charge is 2.28. The number of nitrogens with one attached hydrogen (secondary N) is 1. The van der Waals surface area contributed by atoms with E-state index >= 15 is 0 Å². The van der Waals surface area contributed by atoms with E-state index in [2.05, 4.69) is 37.4 Å². The third-order valence-corrected chi connectivity index (χ3v) is 6.33. The Morgan fingerprint density at radius 3 is 2.56 bits per heavy atom. The van der Waals surface area contributed by atoms with Crippen LogP contribution in [0.3, 0.4) is 0 Å². The summed E-state index contributed by atoms with van der Waals surface area (Å²) in [5.41, 5.74) is 3.66. The number of ether oxygens (including phenoxy) is 3. The van der Waals surface area contributed by atoms with Gasteiger partial charge < -0.3 is 19.5 Å². The standard InChI is InChI=1S/C27H34N2O5/c1-18(2)14-22(20-5-7-23-21(16-20)10-12-33-23)28-17-19-4-6-24(25(15-19)32-3)34-13-11-29-26(30)8-9-27(29)31/h4-7,15-16,18,22,28H,8-14,17H2,1-3H3. The first-order valence-corrected chi connectivity index (χ1v) is 12.1. The fourth-order valence-electron chi connectivity index (χ4n) is 4.53. The number of hydrogen-bond acceptors (Lipinski definition) is 6. The first kappa shape index (κ1) is 24.1. The zero-order chi connectivity index (χ0) is 24.1. The van der Waals surface area contributed by atoms with Gasteiger partial charge in [0.2, 0.25) is 11.8 Å². The lowest BCUT2D eigenvalue weighted by atomic mass is 9.95. The summed E-state index contributed by atoms with van der Waals surface area (Å²) < 4.78 is 17.0. The predicted molar refractivity (Wildman–Crippen MR) is 129 cm³/mol. The molecule has 2 aliphatic rings. The Labute approximate surface area is 201 Å². The van der Waals surface area contributed by atoms with Gasteiger partial charge in [0.1, 0.15) is 12.4 Å². The molecule has 7 heteroatoms. The lowest BCUT2D eigenvalue weighted by Crippen LogP contribution is -2.33. The third-order valence-electron chi connectivity index (χ3n) is 6.33. The number of rotatable bonds is 11. The van der Waals surface area contributed by atoms with Gasteiger partial charge >= 0.3 is 0 Å². The molecule has 0 saturated carbocycles. The molecule has 0 spiro atoms. The van der Waals surface area contributed by atoms with Crippen LogP contribution in [0.4, 0.5) is 0 Å². The van der Waals surface area contributed by atoms with E-state index in [1.54, 1.807) is 7.11 Å². The van der Waals surface area contributed by atoms with E-state index in [-0.39, 0.29) is 31.0 Å². The van der Waals surface area contributed by atoms with E-state index in [0.717, 1.165) is 30.8 Å². The van der Waals surface area contributed by atoms with E-state index < -0.39 is 0 Å². The summed E-state index contributed by atoms with van der Waals surface area (Å²) in [5.74, 6) is 2.53. The number of hydrogen-bond donors (Lipinski definition) is 1. The molecule has 182 valence electrons. The highest BCUT2D eigenvalue weighted by Crippen LogP contribution is 2.32. The van der Waals surface area contributed by atoms with Gasteiger partial charge in [-0.2, -0.15) is 0 Å². The van der Waals surface area contributed by atoms with E-state index in [4.69, 9.17) is 14.2 Å². The Bertz CT molecular complexity index is 1020. The minimum atomic E-state index is -0.131. The van der Waals surface area contributed by atoms with Crippen LogP contribution in [0, 0.1) is 5.92 Å². The van der Waals surface area contributed by atoms with Crippen molar-refractivity contribution < 1.29 is 23.8 Å². The molecule has 0 aromatic heterocycles. The van der Waals surface area contributed by atoms with Crippen LogP contribution in [-0.4, -0.2) is 43.6 Å². The monoisotopic (exact) mass is 466 g/mol. The Hall–Kier alpha value is -3.06. The molecule has 2 aliphatic heterocycles. The second-order valence-corrected chi connectivity index (χ2v) is 9.30. The second-order valence-electron chi connectivity index (χ2n) is 9.30. The van der Waals surface area contributed by atoms with Crippen LogP contribution in [0.25, 0.3) is 0 Å². The number of fused-ring (bicyclic) bond motifs is 1. The van der Waals surface area contributed by atoms with Crippen LogP contribution in [0.2, 0.25) is 0 Å². The molecular formula is C27H34N2O5. The van der Waals surface area contributed by atoms with Gasteiger partial charge in [-0.05, 0) is 47.2 Å². The highest BCUT2D eigenvalue weighted by atomic mass is 16.5. The number of methoxy groups -OCH3 is 1. The normalized spacial score (nSPS) is 16.1. The van der Waals surface area contributed by atoms with Crippen molar-refractivity contribution in [2.24, 2.45) is 5.92 Å². The SMILES string of the molecule is COc1cc(CNC(CC(C)C)c2ccc3c(c2)CCO3)ccc1OCCN1C(=O)CCC1=O. The fraction of sp³-hybridized carbons (Fsp3) is 0.481. The molecule has 2 aromatic rings. The molecule has 1 N–H and O–H groups in total. The predicted octanol–water partition coefficient (Wildman–Crippen LogP) is 4.03. The Morgan fingerprint density at radius 1 is 1.03 bits per heavy atom. The van der Waals surface area contributed by atoms with Crippen molar-refractivity contribution in [2.45, 2.75) is 52.1 Å². The first-order valence-electron chi connectivity index (χ1n) is 12.1. The second kappa shape index (κ2) is 10.9. The smallest absolute Gasteiger partial charge is 0.229 e. The van der Waals surface area contributed by atoms with Crippen molar-refractivity contribution in [1.82, 2.24) is 10.2 Å². The van der Waals surface area contributed by atoms with Crippen molar-refractivity contribution in [3.05, 3.63) is 53.1 Å². The number of likely N-dealkylation sites (tertiary alicyclic amines) is 1. The minimum Gasteiger partial charge on any atom is -0.493 e. The largest absolute Gasteiger partial charge is 0.493 e. The first-order chi connectivity index (χ1) is 16.4. The molecular weight excluding hydrogens is 432 g/mol. The lowest BCUT2D eigenvalue weighted by molar-refractivity contribution is -0.138. The maximum atomic E-state index is 11.8. The number of nitrogens with zero attached hydrogens (tertiary/aromatic N) is 1. The molecule has 2 amide bonds. The molecule has 34 heavy (non-hydrogen) atoms. The minimum absolute atomic E-state index is 0.131. The van der Waals surface area contributed by atoms with Gasteiger partial charge in [0, 0.05) is 31.8 Å². The number of carbonyl (C=O) groups excluding carboxylic acids is 2.